The molecule has 2 bridgehead atoms. The second-order valence-electron chi connectivity index (χ2n) is 5.13. The maximum absolute atomic E-state index is 10.1. The van der Waals surface area contributed by atoms with E-state index in [0.717, 1.165) is 25.7 Å². The number of rotatable bonds is 0. The zero-order valence-corrected chi connectivity index (χ0v) is 7.71. The van der Waals surface area contributed by atoms with Gasteiger partial charge >= 0.3 is 0 Å². The Balaban J connectivity index is 2.19. The SMILES string of the molecule is CC12CCCC(O)(CC(O)C1)C2. The van der Waals surface area contributed by atoms with Gasteiger partial charge in [-0.3, -0.25) is 0 Å². The molecule has 2 aliphatic carbocycles. The minimum Gasteiger partial charge on any atom is -0.393 e. The van der Waals surface area contributed by atoms with Crippen LogP contribution in [0.15, 0.2) is 0 Å². The van der Waals surface area contributed by atoms with Crippen molar-refractivity contribution >= 4 is 0 Å². The topological polar surface area (TPSA) is 40.5 Å². The van der Waals surface area contributed by atoms with E-state index in [1.54, 1.807) is 0 Å². The van der Waals surface area contributed by atoms with Crippen LogP contribution in [0.5, 0.6) is 0 Å². The lowest BCUT2D eigenvalue weighted by atomic mass is 9.60. The molecule has 0 heterocycles. The van der Waals surface area contributed by atoms with Crippen LogP contribution in [0.1, 0.15) is 45.4 Å². The van der Waals surface area contributed by atoms with E-state index in [1.165, 1.54) is 6.42 Å². The highest BCUT2D eigenvalue weighted by Crippen LogP contribution is 2.50. The van der Waals surface area contributed by atoms with Gasteiger partial charge in [0.05, 0.1) is 11.7 Å². The Bertz CT molecular complexity index is 174. The lowest BCUT2D eigenvalue weighted by Crippen LogP contribution is -2.48. The minimum atomic E-state index is -0.537. The molecule has 2 fully saturated rings. The standard InChI is InChI=1S/C10H18O2/c1-9-3-2-4-10(12,7-9)6-8(11)5-9/h8,11-12H,2-7H2,1H3. The van der Waals surface area contributed by atoms with Crippen molar-refractivity contribution in [3.8, 4) is 0 Å². The first kappa shape index (κ1) is 8.52. The van der Waals surface area contributed by atoms with E-state index in [1.807, 2.05) is 0 Å². The van der Waals surface area contributed by atoms with Crippen molar-refractivity contribution in [2.45, 2.75) is 57.2 Å². The van der Waals surface area contributed by atoms with Gasteiger partial charge < -0.3 is 10.2 Å². The smallest absolute Gasteiger partial charge is 0.0677 e. The van der Waals surface area contributed by atoms with Crippen LogP contribution in [0.2, 0.25) is 0 Å². The molecule has 2 heteroatoms. The van der Waals surface area contributed by atoms with Crippen LogP contribution in [0.4, 0.5) is 0 Å². The quantitative estimate of drug-likeness (QED) is 0.577. The molecule has 2 rings (SSSR count). The van der Waals surface area contributed by atoms with Crippen LogP contribution in [0.25, 0.3) is 0 Å². The molecule has 0 aromatic rings. The van der Waals surface area contributed by atoms with Crippen LogP contribution in [0.3, 0.4) is 0 Å². The van der Waals surface area contributed by atoms with E-state index in [0.29, 0.717) is 6.42 Å². The van der Waals surface area contributed by atoms with Crippen molar-refractivity contribution < 1.29 is 10.2 Å². The van der Waals surface area contributed by atoms with Gasteiger partial charge in [0.2, 0.25) is 0 Å². The van der Waals surface area contributed by atoms with Crippen molar-refractivity contribution in [2.24, 2.45) is 5.41 Å². The molecule has 2 nitrogen and oxygen atoms in total. The first-order chi connectivity index (χ1) is 5.52. The summed E-state index contributed by atoms with van der Waals surface area (Å²) in [4.78, 5) is 0. The van der Waals surface area contributed by atoms with Crippen LogP contribution >= 0.6 is 0 Å². The Morgan fingerprint density at radius 2 is 2.00 bits per heavy atom. The number of hydrogen-bond donors (Lipinski definition) is 2. The second-order valence-corrected chi connectivity index (χ2v) is 5.13. The van der Waals surface area contributed by atoms with E-state index < -0.39 is 5.60 Å². The molecule has 12 heavy (non-hydrogen) atoms. The number of aliphatic hydroxyl groups excluding tert-OH is 1. The molecule has 0 aromatic carbocycles. The summed E-state index contributed by atoms with van der Waals surface area (Å²) in [6.07, 6.45) is 5.30. The molecular formula is C10H18O2. The molecule has 2 aliphatic rings. The average Bonchev–Trinajstić information content (AvgIpc) is 1.79. The van der Waals surface area contributed by atoms with E-state index in [4.69, 9.17) is 0 Å². The zero-order chi connectivity index (χ0) is 8.82. The first-order valence-electron chi connectivity index (χ1n) is 4.92. The lowest BCUT2D eigenvalue weighted by molar-refractivity contribution is -0.121. The number of fused-ring (bicyclic) bond motifs is 2. The Kier molecular flexibility index (Phi) is 1.74. The number of aliphatic hydroxyl groups is 2. The predicted octanol–water partition coefficient (Wildman–Crippen LogP) is 1.45. The van der Waals surface area contributed by atoms with E-state index in [9.17, 15) is 10.2 Å². The third kappa shape index (κ3) is 1.38. The summed E-state index contributed by atoms with van der Waals surface area (Å²) in [6, 6.07) is 0. The third-order valence-corrected chi connectivity index (χ3v) is 3.52. The highest BCUT2D eigenvalue weighted by molar-refractivity contribution is 4.99. The van der Waals surface area contributed by atoms with E-state index in [-0.39, 0.29) is 11.5 Å². The molecule has 2 N–H and O–H groups in total. The molecule has 2 saturated carbocycles. The summed E-state index contributed by atoms with van der Waals surface area (Å²) in [5.74, 6) is 0. The molecule has 0 saturated heterocycles. The fourth-order valence-corrected chi connectivity index (χ4v) is 3.24. The van der Waals surface area contributed by atoms with Crippen LogP contribution < -0.4 is 0 Å². The lowest BCUT2D eigenvalue weighted by Gasteiger charge is -2.49. The molecule has 0 radical (unpaired) electrons. The van der Waals surface area contributed by atoms with Gasteiger partial charge in [-0.2, -0.15) is 0 Å². The molecule has 70 valence electrons. The second kappa shape index (κ2) is 2.46. The molecule has 0 aliphatic heterocycles. The fourth-order valence-electron chi connectivity index (χ4n) is 3.24. The minimum absolute atomic E-state index is 0.213. The Morgan fingerprint density at radius 1 is 1.25 bits per heavy atom. The molecule has 0 amide bonds. The van der Waals surface area contributed by atoms with Crippen molar-refractivity contribution in [3.63, 3.8) is 0 Å². The van der Waals surface area contributed by atoms with Gasteiger partial charge in [-0.25, -0.2) is 0 Å². The first-order valence-corrected chi connectivity index (χ1v) is 4.92. The van der Waals surface area contributed by atoms with Crippen molar-refractivity contribution in [1.82, 2.24) is 0 Å². The van der Waals surface area contributed by atoms with Crippen molar-refractivity contribution in [3.05, 3.63) is 0 Å². The summed E-state index contributed by atoms with van der Waals surface area (Å²) < 4.78 is 0. The molecule has 0 spiro atoms. The fraction of sp³-hybridized carbons (Fsp3) is 1.00. The summed E-state index contributed by atoms with van der Waals surface area (Å²) in [6.45, 7) is 2.19. The van der Waals surface area contributed by atoms with Gasteiger partial charge in [0.25, 0.3) is 0 Å². The highest BCUT2D eigenvalue weighted by Gasteiger charge is 2.47. The summed E-state index contributed by atoms with van der Waals surface area (Å²) in [5, 5.41) is 19.7. The molecule has 3 unspecified atom stereocenters. The van der Waals surface area contributed by atoms with Gasteiger partial charge in [-0.15, -0.1) is 0 Å². The van der Waals surface area contributed by atoms with E-state index >= 15 is 0 Å². The van der Waals surface area contributed by atoms with Crippen molar-refractivity contribution in [2.75, 3.05) is 0 Å². The van der Waals surface area contributed by atoms with Crippen LogP contribution in [0, 0.1) is 5.41 Å². The molecular weight excluding hydrogens is 152 g/mol. The summed E-state index contributed by atoms with van der Waals surface area (Å²) in [7, 11) is 0. The van der Waals surface area contributed by atoms with Crippen LogP contribution in [-0.2, 0) is 0 Å². The Hall–Kier alpha value is -0.0800. The van der Waals surface area contributed by atoms with Crippen LogP contribution in [-0.4, -0.2) is 21.9 Å². The van der Waals surface area contributed by atoms with Gasteiger partial charge in [0, 0.05) is 6.42 Å². The normalized spacial score (nSPS) is 53.8. The summed E-state index contributed by atoms with van der Waals surface area (Å²) >= 11 is 0. The predicted molar refractivity (Wildman–Crippen MR) is 46.8 cm³/mol. The van der Waals surface area contributed by atoms with Gasteiger partial charge in [0.1, 0.15) is 0 Å². The third-order valence-electron chi connectivity index (χ3n) is 3.52. The average molecular weight is 170 g/mol. The summed E-state index contributed by atoms with van der Waals surface area (Å²) in [5.41, 5.74) is -0.324. The molecule has 0 aromatic heterocycles. The zero-order valence-electron chi connectivity index (χ0n) is 7.71. The molecule has 3 atom stereocenters. The monoisotopic (exact) mass is 170 g/mol. The van der Waals surface area contributed by atoms with Gasteiger partial charge in [-0.1, -0.05) is 13.3 Å². The van der Waals surface area contributed by atoms with Gasteiger partial charge in [0.15, 0.2) is 0 Å². The van der Waals surface area contributed by atoms with E-state index in [2.05, 4.69) is 6.92 Å². The Morgan fingerprint density at radius 3 is 2.67 bits per heavy atom. The number of hydrogen-bond acceptors (Lipinski definition) is 2. The van der Waals surface area contributed by atoms with Crippen molar-refractivity contribution in [1.29, 1.82) is 0 Å². The maximum Gasteiger partial charge on any atom is 0.0677 e. The maximum atomic E-state index is 10.1. The van der Waals surface area contributed by atoms with Gasteiger partial charge in [-0.05, 0) is 31.1 Å². The largest absolute Gasteiger partial charge is 0.393 e. The highest BCUT2D eigenvalue weighted by atomic mass is 16.3. The Labute approximate surface area is 73.6 Å².